The predicted molar refractivity (Wildman–Crippen MR) is 75.3 cm³/mol. The first kappa shape index (κ1) is 14.6. The second-order valence-corrected chi connectivity index (χ2v) is 7.03. The summed E-state index contributed by atoms with van der Waals surface area (Å²) >= 11 is 1.18. The van der Waals surface area contributed by atoms with Gasteiger partial charge in [-0.3, -0.25) is 0 Å². The van der Waals surface area contributed by atoms with Crippen molar-refractivity contribution in [2.75, 3.05) is 30.9 Å². The van der Waals surface area contributed by atoms with E-state index in [1.165, 1.54) is 21.2 Å². The minimum atomic E-state index is -3.50. The van der Waals surface area contributed by atoms with E-state index < -0.39 is 10.2 Å². The Labute approximate surface area is 117 Å². The Balaban J connectivity index is 1.95. The Morgan fingerprint density at radius 2 is 2.42 bits per heavy atom. The largest absolute Gasteiger partial charge is 0.317 e. The number of piperidine rings is 1. The third-order valence-corrected chi connectivity index (χ3v) is 5.28. The van der Waals surface area contributed by atoms with E-state index in [2.05, 4.69) is 20.2 Å². The molecule has 2 rings (SSSR count). The summed E-state index contributed by atoms with van der Waals surface area (Å²) in [5.41, 5.74) is 1.50. The van der Waals surface area contributed by atoms with Crippen LogP contribution in [0.4, 0.5) is 5.13 Å². The molecule has 1 aliphatic rings. The third kappa shape index (κ3) is 4.10. The van der Waals surface area contributed by atoms with Gasteiger partial charge in [0.25, 0.3) is 0 Å². The molecule has 7 nitrogen and oxygen atoms in total. The molecule has 1 aliphatic heterocycles. The maximum atomic E-state index is 12.2. The van der Waals surface area contributed by atoms with E-state index in [4.69, 9.17) is 0 Å². The molecule has 2 N–H and O–H groups in total. The zero-order chi connectivity index (χ0) is 13.7. The van der Waals surface area contributed by atoms with Crippen molar-refractivity contribution < 1.29 is 8.42 Å². The predicted octanol–water partition coefficient (Wildman–Crippen LogP) is 0.516. The summed E-state index contributed by atoms with van der Waals surface area (Å²) in [5.74, 6) is 0.375. The maximum absolute atomic E-state index is 12.2. The standard InChI is InChI=1S/C10H19N5O2S2/c1-2-11-6-9-4-3-5-15(7-9)19(16,17)14-10-13-12-8-18-10/h8-9,11H,2-7H2,1H3,(H,13,14). The molecule has 0 radical (unpaired) electrons. The van der Waals surface area contributed by atoms with Crippen LogP contribution in [-0.4, -0.2) is 49.1 Å². The van der Waals surface area contributed by atoms with Crippen molar-refractivity contribution in [1.82, 2.24) is 19.8 Å². The highest BCUT2D eigenvalue weighted by Crippen LogP contribution is 2.20. The van der Waals surface area contributed by atoms with Crippen LogP contribution in [-0.2, 0) is 10.2 Å². The summed E-state index contributed by atoms with van der Waals surface area (Å²) in [5, 5.41) is 10.9. The average molecular weight is 305 g/mol. The number of hydrogen-bond donors (Lipinski definition) is 2. The molecule has 0 aromatic carbocycles. The molecule has 1 atom stereocenters. The summed E-state index contributed by atoms with van der Waals surface area (Å²) in [6.07, 6.45) is 1.96. The summed E-state index contributed by atoms with van der Waals surface area (Å²) < 4.78 is 28.4. The molecule has 0 bridgehead atoms. The van der Waals surface area contributed by atoms with Gasteiger partial charge in [-0.15, -0.1) is 10.2 Å². The minimum absolute atomic E-state index is 0.314. The Hall–Kier alpha value is -0.770. The summed E-state index contributed by atoms with van der Waals surface area (Å²) in [6, 6.07) is 0. The average Bonchev–Trinajstić information content (AvgIpc) is 2.89. The Morgan fingerprint density at radius 3 is 3.11 bits per heavy atom. The van der Waals surface area contributed by atoms with Gasteiger partial charge in [-0.25, -0.2) is 4.72 Å². The minimum Gasteiger partial charge on any atom is -0.317 e. The second-order valence-electron chi connectivity index (χ2n) is 4.52. The van der Waals surface area contributed by atoms with E-state index >= 15 is 0 Å². The third-order valence-electron chi connectivity index (χ3n) is 3.08. The first-order valence-electron chi connectivity index (χ1n) is 6.36. The Kier molecular flexibility index (Phi) is 5.08. The first-order valence-corrected chi connectivity index (χ1v) is 8.68. The van der Waals surface area contributed by atoms with Crippen LogP contribution in [0.25, 0.3) is 0 Å². The molecule has 0 amide bonds. The van der Waals surface area contributed by atoms with Crippen LogP contribution in [0.2, 0.25) is 0 Å². The Bertz CT molecular complexity index is 476. The van der Waals surface area contributed by atoms with Gasteiger partial charge in [0.2, 0.25) is 5.13 Å². The first-order chi connectivity index (χ1) is 9.12. The van der Waals surface area contributed by atoms with Crippen molar-refractivity contribution in [3.63, 3.8) is 0 Å². The van der Waals surface area contributed by atoms with Gasteiger partial charge < -0.3 is 5.32 Å². The SMILES string of the molecule is CCNCC1CCCN(S(=O)(=O)Nc2nncs2)C1. The molecule has 0 saturated carbocycles. The van der Waals surface area contributed by atoms with E-state index in [1.807, 2.05) is 6.92 Å². The molecule has 2 heterocycles. The van der Waals surface area contributed by atoms with Gasteiger partial charge in [-0.2, -0.15) is 12.7 Å². The number of nitrogens with one attached hydrogen (secondary N) is 2. The van der Waals surface area contributed by atoms with Crippen molar-refractivity contribution in [3.05, 3.63) is 5.51 Å². The highest BCUT2D eigenvalue weighted by molar-refractivity contribution is 7.90. The van der Waals surface area contributed by atoms with Crippen LogP contribution in [0.3, 0.4) is 0 Å². The van der Waals surface area contributed by atoms with Crippen molar-refractivity contribution in [1.29, 1.82) is 0 Å². The fourth-order valence-corrected chi connectivity index (χ4v) is 4.12. The van der Waals surface area contributed by atoms with Crippen molar-refractivity contribution >= 4 is 26.7 Å². The fraction of sp³-hybridized carbons (Fsp3) is 0.800. The monoisotopic (exact) mass is 305 g/mol. The molecule has 0 aliphatic carbocycles. The fourth-order valence-electron chi connectivity index (χ4n) is 2.15. The van der Waals surface area contributed by atoms with Gasteiger partial charge in [0.15, 0.2) is 0 Å². The van der Waals surface area contributed by atoms with Crippen molar-refractivity contribution in [2.24, 2.45) is 5.92 Å². The normalized spacial score (nSPS) is 21.4. The van der Waals surface area contributed by atoms with E-state index in [0.717, 1.165) is 25.9 Å². The van der Waals surface area contributed by atoms with Crippen LogP contribution >= 0.6 is 11.3 Å². The van der Waals surface area contributed by atoms with E-state index in [-0.39, 0.29) is 0 Å². The van der Waals surface area contributed by atoms with Gasteiger partial charge in [-0.1, -0.05) is 18.3 Å². The van der Waals surface area contributed by atoms with Gasteiger partial charge in [0.1, 0.15) is 5.51 Å². The molecular formula is C10H19N5O2S2. The molecule has 0 spiro atoms. The quantitative estimate of drug-likeness (QED) is 0.800. The molecule has 19 heavy (non-hydrogen) atoms. The summed E-state index contributed by atoms with van der Waals surface area (Å²) in [4.78, 5) is 0. The smallest absolute Gasteiger partial charge is 0.303 e. The molecule has 1 fully saturated rings. The number of nitrogens with zero attached hydrogens (tertiary/aromatic N) is 3. The highest BCUT2D eigenvalue weighted by atomic mass is 32.2. The molecule has 9 heteroatoms. The van der Waals surface area contributed by atoms with E-state index in [0.29, 0.717) is 24.1 Å². The van der Waals surface area contributed by atoms with Gasteiger partial charge >= 0.3 is 10.2 Å². The lowest BCUT2D eigenvalue weighted by atomic mass is 10.00. The van der Waals surface area contributed by atoms with Gasteiger partial charge in [0, 0.05) is 13.1 Å². The number of anilines is 1. The van der Waals surface area contributed by atoms with Crippen LogP contribution in [0.15, 0.2) is 5.51 Å². The van der Waals surface area contributed by atoms with Gasteiger partial charge in [0.05, 0.1) is 0 Å². The topological polar surface area (TPSA) is 87.2 Å². The lowest BCUT2D eigenvalue weighted by Gasteiger charge is -2.31. The molecular weight excluding hydrogens is 286 g/mol. The van der Waals surface area contributed by atoms with E-state index in [9.17, 15) is 8.42 Å². The summed E-state index contributed by atoms with van der Waals surface area (Å²) in [7, 11) is -3.50. The molecule has 108 valence electrons. The molecule has 1 saturated heterocycles. The lowest BCUT2D eigenvalue weighted by Crippen LogP contribution is -2.45. The van der Waals surface area contributed by atoms with Crippen LogP contribution < -0.4 is 10.0 Å². The highest BCUT2D eigenvalue weighted by Gasteiger charge is 2.29. The Morgan fingerprint density at radius 1 is 1.58 bits per heavy atom. The molecule has 1 aromatic heterocycles. The zero-order valence-corrected chi connectivity index (χ0v) is 12.5. The number of aromatic nitrogens is 2. The van der Waals surface area contributed by atoms with Crippen LogP contribution in [0.5, 0.6) is 0 Å². The van der Waals surface area contributed by atoms with Crippen molar-refractivity contribution in [3.8, 4) is 0 Å². The van der Waals surface area contributed by atoms with Crippen LogP contribution in [0.1, 0.15) is 19.8 Å². The number of rotatable bonds is 6. The number of hydrogen-bond acceptors (Lipinski definition) is 6. The summed E-state index contributed by atoms with van der Waals surface area (Å²) in [6.45, 7) is 4.94. The van der Waals surface area contributed by atoms with Gasteiger partial charge in [-0.05, 0) is 31.8 Å². The molecule has 1 aromatic rings. The van der Waals surface area contributed by atoms with Crippen LogP contribution in [0, 0.1) is 5.92 Å². The van der Waals surface area contributed by atoms with E-state index in [1.54, 1.807) is 0 Å². The molecule has 1 unspecified atom stereocenters. The van der Waals surface area contributed by atoms with Crippen molar-refractivity contribution in [2.45, 2.75) is 19.8 Å². The maximum Gasteiger partial charge on any atom is 0.303 e. The second kappa shape index (κ2) is 6.60. The lowest BCUT2D eigenvalue weighted by molar-refractivity contribution is 0.262. The zero-order valence-electron chi connectivity index (χ0n) is 10.9.